The summed E-state index contributed by atoms with van der Waals surface area (Å²) in [6.45, 7) is 0.784. The fraction of sp³-hybridized carbons (Fsp3) is 0.667. The maximum atomic E-state index is 11.2. The topological polar surface area (TPSA) is 93.2 Å². The summed E-state index contributed by atoms with van der Waals surface area (Å²) in [5.74, 6) is -0.961. The second-order valence-corrected chi connectivity index (χ2v) is 3.96. The normalized spacial score (nSPS) is 10.4. The van der Waals surface area contributed by atoms with E-state index in [9.17, 15) is 19.2 Å². The molecule has 8 heteroatoms. The molecule has 0 amide bonds. The molecule has 0 atom stereocenters. The average Bonchev–Trinajstić information content (AvgIpc) is 2.44. The number of hydrogen-bond donors (Lipinski definition) is 0. The third-order valence-corrected chi connectivity index (χ3v) is 2.56. The SMILES string of the molecule is COC(=O)CN(CCN(CC=O)CC=O)CC(=O)OC. The van der Waals surface area contributed by atoms with Crippen LogP contribution in [0.2, 0.25) is 0 Å². The quantitative estimate of drug-likeness (QED) is 0.329. The first kappa shape index (κ1) is 18.2. The third-order valence-electron chi connectivity index (χ3n) is 2.56. The lowest BCUT2D eigenvalue weighted by molar-refractivity contribution is -0.145. The van der Waals surface area contributed by atoms with Crippen LogP contribution in [0.25, 0.3) is 0 Å². The highest BCUT2D eigenvalue weighted by Crippen LogP contribution is 1.94. The molecule has 0 spiro atoms. The Balaban J connectivity index is 4.44. The molecule has 0 aliphatic heterocycles. The van der Waals surface area contributed by atoms with Crippen molar-refractivity contribution in [1.29, 1.82) is 0 Å². The zero-order chi connectivity index (χ0) is 15.4. The van der Waals surface area contributed by atoms with Gasteiger partial charge in [-0.1, -0.05) is 0 Å². The number of esters is 2. The van der Waals surface area contributed by atoms with E-state index in [1.54, 1.807) is 4.90 Å². The summed E-state index contributed by atoms with van der Waals surface area (Å²) in [4.78, 5) is 46.5. The molecular weight excluding hydrogens is 268 g/mol. The largest absolute Gasteiger partial charge is 0.468 e. The van der Waals surface area contributed by atoms with Crippen molar-refractivity contribution in [3.63, 3.8) is 0 Å². The van der Waals surface area contributed by atoms with Gasteiger partial charge in [0.15, 0.2) is 0 Å². The predicted octanol–water partition coefficient (Wildman–Crippen LogP) is -1.67. The minimum Gasteiger partial charge on any atom is -0.468 e. The van der Waals surface area contributed by atoms with Gasteiger partial charge in [-0.2, -0.15) is 0 Å². The number of ether oxygens (including phenoxy) is 2. The summed E-state index contributed by atoms with van der Waals surface area (Å²) in [6, 6.07) is 0. The summed E-state index contributed by atoms with van der Waals surface area (Å²) in [5.41, 5.74) is 0. The Morgan fingerprint density at radius 2 is 1.25 bits per heavy atom. The molecule has 0 rings (SSSR count). The zero-order valence-electron chi connectivity index (χ0n) is 11.7. The molecule has 0 saturated heterocycles. The molecular formula is C12H20N2O6. The van der Waals surface area contributed by atoms with Crippen LogP contribution in [0.1, 0.15) is 0 Å². The van der Waals surface area contributed by atoms with Crippen LogP contribution in [-0.4, -0.2) is 87.8 Å². The average molecular weight is 288 g/mol. The Morgan fingerprint density at radius 3 is 1.60 bits per heavy atom. The van der Waals surface area contributed by atoms with Gasteiger partial charge in [0.05, 0.1) is 40.4 Å². The number of hydrogen-bond acceptors (Lipinski definition) is 8. The molecule has 0 fully saturated rings. The minimum atomic E-state index is -0.480. The van der Waals surface area contributed by atoms with Gasteiger partial charge in [0.1, 0.15) is 12.6 Å². The molecule has 114 valence electrons. The van der Waals surface area contributed by atoms with E-state index in [-0.39, 0.29) is 26.2 Å². The molecule has 0 bridgehead atoms. The van der Waals surface area contributed by atoms with Gasteiger partial charge in [-0.3, -0.25) is 19.4 Å². The van der Waals surface area contributed by atoms with E-state index < -0.39 is 11.9 Å². The first-order chi connectivity index (χ1) is 9.57. The molecule has 0 unspecified atom stereocenters. The van der Waals surface area contributed by atoms with Crippen molar-refractivity contribution in [3.8, 4) is 0 Å². The van der Waals surface area contributed by atoms with Crippen LogP contribution >= 0.6 is 0 Å². The van der Waals surface area contributed by atoms with E-state index in [2.05, 4.69) is 9.47 Å². The van der Waals surface area contributed by atoms with Crippen LogP contribution in [0.5, 0.6) is 0 Å². The van der Waals surface area contributed by atoms with Crippen LogP contribution in [-0.2, 0) is 28.7 Å². The molecule has 8 nitrogen and oxygen atoms in total. The second kappa shape index (κ2) is 11.1. The highest BCUT2D eigenvalue weighted by atomic mass is 16.5. The first-order valence-corrected chi connectivity index (χ1v) is 6.03. The summed E-state index contributed by atoms with van der Waals surface area (Å²) in [5, 5.41) is 0. The van der Waals surface area contributed by atoms with Gasteiger partial charge < -0.3 is 19.1 Å². The molecule has 0 aliphatic carbocycles. The smallest absolute Gasteiger partial charge is 0.319 e. The molecule has 0 aromatic heterocycles. The van der Waals surface area contributed by atoms with Crippen molar-refractivity contribution in [1.82, 2.24) is 9.80 Å². The molecule has 0 aliphatic rings. The van der Waals surface area contributed by atoms with Crippen LogP contribution in [0.3, 0.4) is 0 Å². The second-order valence-electron chi connectivity index (χ2n) is 3.96. The predicted molar refractivity (Wildman–Crippen MR) is 69.0 cm³/mol. The molecule has 0 aromatic carbocycles. The first-order valence-electron chi connectivity index (χ1n) is 6.03. The lowest BCUT2D eigenvalue weighted by atomic mass is 10.4. The van der Waals surface area contributed by atoms with Gasteiger partial charge in [-0.05, 0) is 0 Å². The number of rotatable bonds is 11. The molecule has 0 aromatic rings. The van der Waals surface area contributed by atoms with E-state index >= 15 is 0 Å². The third kappa shape index (κ3) is 8.33. The Bertz CT molecular complexity index is 306. The zero-order valence-corrected chi connectivity index (χ0v) is 11.7. The van der Waals surface area contributed by atoms with Crippen LogP contribution in [0, 0.1) is 0 Å². The van der Waals surface area contributed by atoms with Gasteiger partial charge in [0, 0.05) is 13.1 Å². The van der Waals surface area contributed by atoms with Gasteiger partial charge in [0.25, 0.3) is 0 Å². The van der Waals surface area contributed by atoms with Crippen molar-refractivity contribution in [2.24, 2.45) is 0 Å². The molecule has 0 heterocycles. The number of methoxy groups -OCH3 is 2. The van der Waals surface area contributed by atoms with Crippen LogP contribution in [0.4, 0.5) is 0 Å². The van der Waals surface area contributed by atoms with Gasteiger partial charge in [0.2, 0.25) is 0 Å². The highest BCUT2D eigenvalue weighted by Gasteiger charge is 2.16. The van der Waals surface area contributed by atoms with E-state index in [4.69, 9.17) is 0 Å². The van der Waals surface area contributed by atoms with Crippen LogP contribution in [0.15, 0.2) is 0 Å². The Hall–Kier alpha value is -1.80. The van der Waals surface area contributed by atoms with E-state index in [1.807, 2.05) is 0 Å². The fourth-order valence-corrected chi connectivity index (χ4v) is 1.46. The summed E-state index contributed by atoms with van der Waals surface area (Å²) in [7, 11) is 2.51. The Labute approximate surface area is 117 Å². The number of nitrogens with zero attached hydrogens (tertiary/aromatic N) is 2. The number of carbonyl (C=O) groups excluding carboxylic acids is 4. The molecule has 20 heavy (non-hydrogen) atoms. The monoisotopic (exact) mass is 288 g/mol. The minimum absolute atomic E-state index is 0.0678. The molecule has 0 N–H and O–H groups in total. The van der Waals surface area contributed by atoms with E-state index in [0.717, 1.165) is 0 Å². The highest BCUT2D eigenvalue weighted by molar-refractivity contribution is 5.74. The summed E-state index contributed by atoms with van der Waals surface area (Å²) in [6.07, 6.45) is 1.38. The summed E-state index contributed by atoms with van der Waals surface area (Å²) >= 11 is 0. The molecule has 0 radical (unpaired) electrons. The number of carbonyl (C=O) groups is 4. The maximum Gasteiger partial charge on any atom is 0.319 e. The Morgan fingerprint density at radius 1 is 0.850 bits per heavy atom. The maximum absolute atomic E-state index is 11.2. The van der Waals surface area contributed by atoms with Gasteiger partial charge >= 0.3 is 11.9 Å². The van der Waals surface area contributed by atoms with Gasteiger partial charge in [-0.25, -0.2) is 0 Å². The van der Waals surface area contributed by atoms with Crippen molar-refractivity contribution in [3.05, 3.63) is 0 Å². The fourth-order valence-electron chi connectivity index (χ4n) is 1.46. The lowest BCUT2D eigenvalue weighted by Gasteiger charge is -2.23. The van der Waals surface area contributed by atoms with Gasteiger partial charge in [-0.15, -0.1) is 0 Å². The standard InChI is InChI=1S/C12H20N2O6/c1-19-11(17)9-14(10-12(18)20-2)4-3-13(5-7-15)6-8-16/h7-8H,3-6,9-10H2,1-2H3. The van der Waals surface area contributed by atoms with E-state index in [0.29, 0.717) is 25.7 Å². The van der Waals surface area contributed by atoms with Crippen molar-refractivity contribution in [2.45, 2.75) is 0 Å². The van der Waals surface area contributed by atoms with Crippen LogP contribution < -0.4 is 0 Å². The van der Waals surface area contributed by atoms with E-state index in [1.165, 1.54) is 19.1 Å². The molecule has 0 saturated carbocycles. The lowest BCUT2D eigenvalue weighted by Crippen LogP contribution is -2.41. The van der Waals surface area contributed by atoms with Crippen molar-refractivity contribution >= 4 is 24.5 Å². The van der Waals surface area contributed by atoms with Crippen molar-refractivity contribution < 1.29 is 28.7 Å². The summed E-state index contributed by atoms with van der Waals surface area (Å²) < 4.78 is 9.08. The number of aldehydes is 2. The Kier molecular flexibility index (Phi) is 10.1. The van der Waals surface area contributed by atoms with Crippen molar-refractivity contribution in [2.75, 3.05) is 53.5 Å².